The standard InChI is InChI=1S/C64H58F4N4O4/c1-42(65)17-13-35-73-57-25-9-5-21-51(57)61-54-34-33-49(71-54)40-48-30-29-46(69-48)39-47-31-32-50(70-47)41-56-62(52-22-6-10-26-58(52)74-36-14-18-43(2)66)63(53-23-7-11-27-59(53)75-37-15-19-44(3)67)64(61)72(56)55-24-8-12-28-60(55)76-38-16-20-45(4)68/h5-12,17-34,39-41,69H,13-16,35-38H2,1-4H3. The van der Waals surface area contributed by atoms with Crippen molar-refractivity contribution >= 4 is 46.4 Å². The number of hydrogen-bond acceptors (Lipinski definition) is 6. The predicted molar refractivity (Wildman–Crippen MR) is 300 cm³/mol. The van der Waals surface area contributed by atoms with Crippen LogP contribution in [0.4, 0.5) is 17.6 Å². The van der Waals surface area contributed by atoms with Crippen molar-refractivity contribution < 1.29 is 36.5 Å². The molecule has 0 saturated carbocycles. The Morgan fingerprint density at radius 3 is 1.34 bits per heavy atom. The number of allylic oxidation sites excluding steroid dienone is 4. The highest BCUT2D eigenvalue weighted by Gasteiger charge is 2.30. The van der Waals surface area contributed by atoms with Crippen LogP contribution < -0.4 is 18.9 Å². The average molecular weight is 1020 g/mol. The lowest BCUT2D eigenvalue weighted by atomic mass is 9.92. The molecule has 0 fully saturated rings. The van der Waals surface area contributed by atoms with Crippen molar-refractivity contribution in [1.82, 2.24) is 19.5 Å². The zero-order valence-corrected chi connectivity index (χ0v) is 42.9. The number of fused-ring (bicyclic) bond motifs is 8. The Morgan fingerprint density at radius 2 is 0.842 bits per heavy atom. The normalized spacial score (nSPS) is 12.8. The minimum absolute atomic E-state index is 0.160. The number of halogens is 4. The van der Waals surface area contributed by atoms with E-state index in [2.05, 4.69) is 9.55 Å². The average Bonchev–Trinajstić information content (AvgIpc) is 4.26. The van der Waals surface area contributed by atoms with Crippen LogP contribution in [-0.4, -0.2) is 45.9 Å². The van der Waals surface area contributed by atoms with Crippen LogP contribution in [0, 0.1) is 0 Å². The second kappa shape index (κ2) is 24.6. The van der Waals surface area contributed by atoms with E-state index >= 15 is 0 Å². The van der Waals surface area contributed by atoms with Crippen LogP contribution in [0.5, 0.6) is 23.0 Å². The van der Waals surface area contributed by atoms with Gasteiger partial charge in [0.15, 0.2) is 0 Å². The summed E-state index contributed by atoms with van der Waals surface area (Å²) in [5, 5.41) is 0. The molecule has 0 amide bonds. The molecule has 8 nitrogen and oxygen atoms in total. The van der Waals surface area contributed by atoms with Gasteiger partial charge in [-0.05, 0) is 137 Å². The summed E-state index contributed by atoms with van der Waals surface area (Å²) < 4.78 is 85.5. The van der Waals surface area contributed by atoms with Crippen molar-refractivity contribution in [2.45, 2.75) is 53.4 Å². The van der Waals surface area contributed by atoms with E-state index < -0.39 is 0 Å². The Kier molecular flexibility index (Phi) is 16.9. The summed E-state index contributed by atoms with van der Waals surface area (Å²) in [5.41, 5.74) is 10.2. The van der Waals surface area contributed by atoms with E-state index in [0.717, 1.165) is 11.0 Å². The smallest absolute Gasteiger partial charge is 0.143 e. The monoisotopic (exact) mass is 1020 g/mol. The van der Waals surface area contributed by atoms with Gasteiger partial charge in [-0.3, -0.25) is 0 Å². The molecule has 7 aromatic rings. The molecule has 386 valence electrons. The number of rotatable bonds is 20. The van der Waals surface area contributed by atoms with Crippen molar-refractivity contribution in [1.29, 1.82) is 0 Å². The van der Waals surface area contributed by atoms with Gasteiger partial charge >= 0.3 is 0 Å². The highest BCUT2D eigenvalue weighted by molar-refractivity contribution is 6.13. The van der Waals surface area contributed by atoms with Crippen molar-refractivity contribution in [3.8, 4) is 62.1 Å². The van der Waals surface area contributed by atoms with Crippen LogP contribution >= 0.6 is 0 Å². The van der Waals surface area contributed by atoms with Crippen molar-refractivity contribution in [3.63, 3.8) is 0 Å². The van der Waals surface area contributed by atoms with E-state index in [-0.39, 0.29) is 49.7 Å². The third-order valence-electron chi connectivity index (χ3n) is 12.4. The van der Waals surface area contributed by atoms with Gasteiger partial charge in [0, 0.05) is 70.1 Å². The third-order valence-corrected chi connectivity index (χ3v) is 12.4. The first-order valence-corrected chi connectivity index (χ1v) is 25.4. The van der Waals surface area contributed by atoms with Crippen LogP contribution in [0.25, 0.3) is 85.4 Å². The molecule has 2 aliphatic heterocycles. The molecule has 2 aliphatic rings. The van der Waals surface area contributed by atoms with Gasteiger partial charge in [-0.25, -0.2) is 27.5 Å². The molecule has 1 N–H and O–H groups in total. The minimum atomic E-state index is -0.312. The van der Waals surface area contributed by atoms with Crippen LogP contribution in [0.2, 0.25) is 0 Å². The molecule has 0 radical (unpaired) electrons. The summed E-state index contributed by atoms with van der Waals surface area (Å²) in [6.45, 7) is 6.29. The molecule has 0 aliphatic carbocycles. The highest BCUT2D eigenvalue weighted by atomic mass is 19.1. The van der Waals surface area contributed by atoms with Crippen molar-refractivity contribution in [2.75, 3.05) is 26.4 Å². The molecule has 9 rings (SSSR count). The Bertz CT molecular complexity index is 3600. The number of ether oxygens (including phenoxy) is 4. The second-order valence-electron chi connectivity index (χ2n) is 18.2. The molecule has 0 saturated heterocycles. The Hall–Kier alpha value is -8.64. The van der Waals surface area contributed by atoms with Gasteiger partial charge in [0.2, 0.25) is 0 Å². The molecular weight excluding hydrogens is 965 g/mol. The summed E-state index contributed by atoms with van der Waals surface area (Å²) in [5.74, 6) is 0.802. The molecule has 5 heterocycles. The molecule has 0 spiro atoms. The maximum Gasteiger partial charge on any atom is 0.143 e. The van der Waals surface area contributed by atoms with Crippen LogP contribution in [0.1, 0.15) is 76.2 Å². The molecule has 0 atom stereocenters. The first-order chi connectivity index (χ1) is 37.0. The van der Waals surface area contributed by atoms with Gasteiger partial charge in [-0.2, -0.15) is 0 Å². The third kappa shape index (κ3) is 12.6. The Labute approximate surface area is 440 Å². The van der Waals surface area contributed by atoms with E-state index in [1.807, 2.05) is 152 Å². The summed E-state index contributed by atoms with van der Waals surface area (Å²) in [6, 6.07) is 40.9. The van der Waals surface area contributed by atoms with Crippen LogP contribution in [0.3, 0.4) is 0 Å². The SMILES string of the molecule is CC(F)=CCCOc1ccccc1-c1c(-c2ccccc2OCCC=C(C)F)c2c(-c3ccccc3OCCC=C(C)F)c3nc(cc4ccc(cc5nc(cc1n2-c1ccccc1OCCC=C(C)F)C=C5)[nH]4)C=C3. The lowest BCUT2D eigenvalue weighted by Crippen LogP contribution is -2.04. The molecule has 8 bridgehead atoms. The fourth-order valence-corrected chi connectivity index (χ4v) is 9.21. The van der Waals surface area contributed by atoms with Gasteiger partial charge in [0.1, 0.15) is 23.0 Å². The topological polar surface area (TPSA) is 83.4 Å². The summed E-state index contributed by atoms with van der Waals surface area (Å²) in [6.07, 6.45) is 15.1. The molecule has 4 aromatic carbocycles. The number of para-hydroxylation sites is 5. The van der Waals surface area contributed by atoms with Gasteiger partial charge in [0.05, 0.1) is 89.2 Å². The number of aromatic amines is 1. The second-order valence-corrected chi connectivity index (χ2v) is 18.2. The molecule has 0 unspecified atom stereocenters. The fraction of sp³-hybridized carbons (Fsp3) is 0.188. The number of aromatic nitrogens is 4. The zero-order valence-electron chi connectivity index (χ0n) is 42.9. The summed E-state index contributed by atoms with van der Waals surface area (Å²) in [4.78, 5) is 14.1. The summed E-state index contributed by atoms with van der Waals surface area (Å²) >= 11 is 0. The number of benzene rings is 4. The first-order valence-electron chi connectivity index (χ1n) is 25.4. The number of nitrogens with zero attached hydrogens (tertiary/aromatic N) is 3. The maximum absolute atomic E-state index is 14.2. The van der Waals surface area contributed by atoms with Crippen molar-refractivity contribution in [3.05, 3.63) is 198 Å². The lowest BCUT2D eigenvalue weighted by Gasteiger charge is -2.19. The van der Waals surface area contributed by atoms with E-state index in [1.54, 1.807) is 0 Å². The molecule has 12 heteroatoms. The minimum Gasteiger partial charge on any atom is -0.493 e. The van der Waals surface area contributed by atoms with E-state index in [4.69, 9.17) is 28.9 Å². The van der Waals surface area contributed by atoms with E-state index in [1.165, 1.54) is 52.0 Å². The quantitative estimate of drug-likeness (QED) is 0.0605. The van der Waals surface area contributed by atoms with Gasteiger partial charge in [-0.15, -0.1) is 0 Å². The number of nitrogens with one attached hydrogen (secondary N) is 1. The largest absolute Gasteiger partial charge is 0.493 e. The Balaban J connectivity index is 1.54. The van der Waals surface area contributed by atoms with Crippen LogP contribution in [0.15, 0.2) is 175 Å². The zero-order chi connectivity index (χ0) is 53.0. The Morgan fingerprint density at radius 1 is 0.447 bits per heavy atom. The van der Waals surface area contributed by atoms with E-state index in [0.29, 0.717) is 122 Å². The van der Waals surface area contributed by atoms with Gasteiger partial charge in [-0.1, -0.05) is 66.7 Å². The van der Waals surface area contributed by atoms with E-state index in [9.17, 15) is 17.6 Å². The van der Waals surface area contributed by atoms with Crippen molar-refractivity contribution in [2.24, 2.45) is 0 Å². The summed E-state index contributed by atoms with van der Waals surface area (Å²) in [7, 11) is 0. The highest BCUT2D eigenvalue weighted by Crippen LogP contribution is 2.52. The van der Waals surface area contributed by atoms with Crippen LogP contribution in [-0.2, 0) is 0 Å². The molecule has 3 aromatic heterocycles. The number of hydrogen-bond donors (Lipinski definition) is 1. The maximum atomic E-state index is 14.2. The first kappa shape index (κ1) is 52.2. The number of H-pyrrole nitrogens is 1. The molecule has 76 heavy (non-hydrogen) atoms. The van der Waals surface area contributed by atoms with Gasteiger partial charge in [0.25, 0.3) is 0 Å². The fourth-order valence-electron chi connectivity index (χ4n) is 9.21. The molecular formula is C64H58F4N4O4. The predicted octanol–water partition coefficient (Wildman–Crippen LogP) is 17.7. The lowest BCUT2D eigenvalue weighted by molar-refractivity contribution is 0.323. The van der Waals surface area contributed by atoms with Gasteiger partial charge < -0.3 is 28.5 Å².